The maximum absolute atomic E-state index is 12.9. The fraction of sp³-hybridized carbons (Fsp3) is 0.400. The Hall–Kier alpha value is -4.76. The Labute approximate surface area is 242 Å². The Kier molecular flexibility index (Phi) is 8.22. The average molecular weight is 571 g/mol. The molecule has 1 saturated heterocycles. The lowest BCUT2D eigenvalue weighted by Gasteiger charge is -2.35. The van der Waals surface area contributed by atoms with Gasteiger partial charge >= 0.3 is 5.69 Å². The highest BCUT2D eigenvalue weighted by Crippen LogP contribution is 2.46. The molecule has 12 heteroatoms. The number of likely N-dealkylation sites (tertiary alicyclic amines) is 1. The first-order valence-electron chi connectivity index (χ1n) is 14.1. The molecule has 3 aromatic rings. The summed E-state index contributed by atoms with van der Waals surface area (Å²) in [5.74, 6) is -0.154. The van der Waals surface area contributed by atoms with Gasteiger partial charge in [-0.3, -0.25) is 19.4 Å². The molecular weight excluding hydrogens is 536 g/mol. The van der Waals surface area contributed by atoms with E-state index in [0.717, 1.165) is 28.7 Å². The molecule has 2 aromatic carbocycles. The summed E-state index contributed by atoms with van der Waals surface area (Å²) < 4.78 is 0. The molecule has 1 aromatic heterocycles. The van der Waals surface area contributed by atoms with Crippen LogP contribution in [-0.4, -0.2) is 77.6 Å². The first kappa shape index (κ1) is 28.8. The molecule has 0 radical (unpaired) electrons. The molecule has 2 heterocycles. The van der Waals surface area contributed by atoms with E-state index < -0.39 is 17.1 Å². The molecule has 5 N–H and O–H groups in total. The van der Waals surface area contributed by atoms with Crippen LogP contribution in [0.3, 0.4) is 0 Å². The molecule has 0 unspecified atom stereocenters. The molecule has 0 spiro atoms. The molecule has 0 bridgehead atoms. The van der Waals surface area contributed by atoms with E-state index in [9.17, 15) is 24.4 Å². The Morgan fingerprint density at radius 1 is 1.05 bits per heavy atom. The third-order valence-electron chi connectivity index (χ3n) is 8.35. The molecule has 1 fully saturated rings. The van der Waals surface area contributed by atoms with Gasteiger partial charge in [0, 0.05) is 31.8 Å². The average Bonchev–Trinajstić information content (AvgIpc) is 3.66. The van der Waals surface area contributed by atoms with Gasteiger partial charge in [0.05, 0.1) is 18.0 Å². The van der Waals surface area contributed by atoms with Crippen LogP contribution in [-0.2, 0) is 23.1 Å². The summed E-state index contributed by atoms with van der Waals surface area (Å²) in [5.41, 5.74) is 3.19. The molecule has 0 saturated carbocycles. The van der Waals surface area contributed by atoms with Crippen molar-refractivity contribution in [2.75, 3.05) is 33.7 Å². The van der Waals surface area contributed by atoms with Gasteiger partial charge in [-0.1, -0.05) is 12.1 Å². The summed E-state index contributed by atoms with van der Waals surface area (Å²) in [4.78, 5) is 54.9. The van der Waals surface area contributed by atoms with Crippen molar-refractivity contribution in [3.8, 4) is 6.07 Å². The smallest absolute Gasteiger partial charge is 0.340 e. The van der Waals surface area contributed by atoms with Gasteiger partial charge in [0.25, 0.3) is 11.8 Å². The third-order valence-corrected chi connectivity index (χ3v) is 8.35. The number of amides is 3. The molecule has 5 rings (SSSR count). The highest BCUT2D eigenvalue weighted by atomic mass is 16.2. The maximum Gasteiger partial charge on any atom is 0.340 e. The minimum absolute atomic E-state index is 0.0658. The predicted octanol–water partition coefficient (Wildman–Crippen LogP) is 0.744. The SMILES string of the molecule is CNC(=O)c1ccc2c(c1)CCc1cc(C(=O)NC)ccc1C2(CCNCC(=O)N1CCC[C@H]1C#N)c1n[nH]c(=O)[nH]1. The largest absolute Gasteiger partial charge is 0.355 e. The number of aromatic nitrogens is 3. The zero-order valence-corrected chi connectivity index (χ0v) is 23.7. The lowest BCUT2D eigenvalue weighted by atomic mass is 9.69. The third kappa shape index (κ3) is 5.19. The van der Waals surface area contributed by atoms with Gasteiger partial charge in [0.1, 0.15) is 11.9 Å². The molecule has 1 aliphatic carbocycles. The van der Waals surface area contributed by atoms with Crippen LogP contribution < -0.4 is 21.6 Å². The number of benzene rings is 2. The standard InChI is InChI=1S/C30H34N8O4/c1-32-26(40)20-7-9-23-18(14-20)5-6-19-15-21(27(41)33-2)8-10-24(19)30(23,28-35-29(42)37-36-28)11-12-34-17-25(39)38-13-3-4-22(38)16-31/h7-10,14-15,22,34H,3-6,11-13,17H2,1-2H3,(H,32,40)(H,33,41)(H2,35,36,37,42)/t22-/m0/s1. The highest BCUT2D eigenvalue weighted by Gasteiger charge is 2.44. The Morgan fingerprint density at radius 2 is 1.67 bits per heavy atom. The number of nitrogens with one attached hydrogen (secondary N) is 5. The van der Waals surface area contributed by atoms with Crippen molar-refractivity contribution in [2.45, 2.75) is 43.6 Å². The van der Waals surface area contributed by atoms with Gasteiger partial charge in [-0.15, -0.1) is 0 Å². The number of aryl methyl sites for hydroxylation is 2. The van der Waals surface area contributed by atoms with Crippen LogP contribution in [0, 0.1) is 11.3 Å². The number of aromatic amines is 2. The number of nitrogens with zero attached hydrogens (tertiary/aromatic N) is 3. The topological polar surface area (TPSA) is 176 Å². The molecule has 1 aliphatic heterocycles. The minimum atomic E-state index is -0.971. The number of hydrogen-bond acceptors (Lipinski definition) is 7. The Balaban J connectivity index is 1.58. The lowest BCUT2D eigenvalue weighted by Crippen LogP contribution is -2.42. The summed E-state index contributed by atoms with van der Waals surface area (Å²) in [6, 6.07) is 12.9. The minimum Gasteiger partial charge on any atom is -0.355 e. The number of fused-ring (bicyclic) bond motifs is 2. The summed E-state index contributed by atoms with van der Waals surface area (Å²) in [6.45, 7) is 1.01. The van der Waals surface area contributed by atoms with E-state index in [2.05, 4.69) is 37.2 Å². The van der Waals surface area contributed by atoms with Crippen LogP contribution in [0.15, 0.2) is 41.2 Å². The fourth-order valence-corrected chi connectivity index (χ4v) is 6.31. The van der Waals surface area contributed by atoms with Crippen molar-refractivity contribution < 1.29 is 14.4 Å². The summed E-state index contributed by atoms with van der Waals surface area (Å²) in [5, 5.41) is 24.9. The van der Waals surface area contributed by atoms with Crippen LogP contribution in [0.2, 0.25) is 0 Å². The lowest BCUT2D eigenvalue weighted by molar-refractivity contribution is -0.130. The van der Waals surface area contributed by atoms with Crippen LogP contribution in [0.25, 0.3) is 0 Å². The number of carbonyl (C=O) groups excluding carboxylic acids is 3. The van der Waals surface area contributed by atoms with Crippen molar-refractivity contribution in [1.82, 2.24) is 36.0 Å². The number of nitriles is 1. The Bertz CT molecular complexity index is 1550. The summed E-state index contributed by atoms with van der Waals surface area (Å²) in [7, 11) is 3.16. The molecule has 42 heavy (non-hydrogen) atoms. The van der Waals surface area contributed by atoms with Crippen molar-refractivity contribution >= 4 is 17.7 Å². The van der Waals surface area contributed by atoms with E-state index in [1.165, 1.54) is 0 Å². The predicted molar refractivity (Wildman–Crippen MR) is 154 cm³/mol. The van der Waals surface area contributed by atoms with Gasteiger partial charge in [0.2, 0.25) is 5.91 Å². The van der Waals surface area contributed by atoms with E-state index in [-0.39, 0.29) is 24.3 Å². The second kappa shape index (κ2) is 12.0. The number of carbonyl (C=O) groups is 3. The molecule has 3 amide bonds. The van der Waals surface area contributed by atoms with E-state index >= 15 is 0 Å². The van der Waals surface area contributed by atoms with Crippen molar-refractivity contribution in [3.63, 3.8) is 0 Å². The second-order valence-corrected chi connectivity index (χ2v) is 10.6. The quantitative estimate of drug-likeness (QED) is 0.248. The van der Waals surface area contributed by atoms with Crippen LogP contribution in [0.4, 0.5) is 0 Å². The summed E-state index contributed by atoms with van der Waals surface area (Å²) >= 11 is 0. The van der Waals surface area contributed by atoms with Gasteiger partial charge in [-0.2, -0.15) is 10.4 Å². The van der Waals surface area contributed by atoms with Gasteiger partial charge < -0.3 is 20.9 Å². The van der Waals surface area contributed by atoms with E-state index in [0.29, 0.717) is 55.7 Å². The van der Waals surface area contributed by atoms with Crippen LogP contribution >= 0.6 is 0 Å². The highest BCUT2D eigenvalue weighted by molar-refractivity contribution is 5.95. The van der Waals surface area contributed by atoms with Gasteiger partial charge in [-0.25, -0.2) is 9.89 Å². The maximum atomic E-state index is 12.9. The van der Waals surface area contributed by atoms with Crippen molar-refractivity contribution in [3.05, 3.63) is 86.1 Å². The first-order chi connectivity index (χ1) is 20.3. The number of hydrogen-bond donors (Lipinski definition) is 5. The normalized spacial score (nSPS) is 17.0. The van der Waals surface area contributed by atoms with E-state index in [1.54, 1.807) is 31.1 Å². The molecule has 12 nitrogen and oxygen atoms in total. The molecule has 1 atom stereocenters. The fourth-order valence-electron chi connectivity index (χ4n) is 6.31. The van der Waals surface area contributed by atoms with Crippen molar-refractivity contribution in [2.24, 2.45) is 0 Å². The number of H-pyrrole nitrogens is 2. The van der Waals surface area contributed by atoms with Crippen molar-refractivity contribution in [1.29, 1.82) is 5.26 Å². The first-order valence-corrected chi connectivity index (χ1v) is 14.1. The molecular formula is C30H34N8O4. The molecule has 218 valence electrons. The van der Waals surface area contributed by atoms with E-state index in [1.807, 2.05) is 24.3 Å². The van der Waals surface area contributed by atoms with E-state index in [4.69, 9.17) is 0 Å². The van der Waals surface area contributed by atoms with Gasteiger partial charge in [0.15, 0.2) is 0 Å². The van der Waals surface area contributed by atoms with Crippen LogP contribution in [0.5, 0.6) is 0 Å². The van der Waals surface area contributed by atoms with Gasteiger partial charge in [-0.05, 0) is 85.2 Å². The summed E-state index contributed by atoms with van der Waals surface area (Å²) in [6.07, 6.45) is 3.08. The number of rotatable bonds is 8. The monoisotopic (exact) mass is 570 g/mol. The Morgan fingerprint density at radius 3 is 2.19 bits per heavy atom. The zero-order valence-electron chi connectivity index (χ0n) is 23.7. The van der Waals surface area contributed by atoms with Crippen LogP contribution in [0.1, 0.15) is 68.1 Å². The molecule has 2 aliphatic rings. The second-order valence-electron chi connectivity index (χ2n) is 10.6. The zero-order chi connectivity index (χ0) is 29.9.